The van der Waals surface area contributed by atoms with Crippen LogP contribution in [-0.4, -0.2) is 26.3 Å². The zero-order valence-electron chi connectivity index (χ0n) is 12.8. The molecule has 0 radical (unpaired) electrons. The summed E-state index contributed by atoms with van der Waals surface area (Å²) < 4.78 is 11.0. The Balaban J connectivity index is 2.48. The number of methoxy groups -OCH3 is 1. The van der Waals surface area contributed by atoms with E-state index in [9.17, 15) is 0 Å². The first kappa shape index (κ1) is 16.0. The van der Waals surface area contributed by atoms with Crippen LogP contribution in [0.2, 0.25) is 0 Å². The monoisotopic (exact) mass is 265 g/mol. The third-order valence-electron chi connectivity index (χ3n) is 2.83. The largest absolute Gasteiger partial charge is 0.493 e. The normalized spacial score (nSPS) is 11.9. The topological polar surface area (TPSA) is 30.5 Å². The molecule has 0 fully saturated rings. The van der Waals surface area contributed by atoms with Crippen LogP contribution in [0.15, 0.2) is 24.3 Å². The summed E-state index contributed by atoms with van der Waals surface area (Å²) in [5, 5.41) is 3.45. The Hall–Kier alpha value is -1.06. The second-order valence-corrected chi connectivity index (χ2v) is 6.07. The molecule has 1 N–H and O–H groups in total. The molecular formula is C16H27NO2. The minimum atomic E-state index is 0.113. The van der Waals surface area contributed by atoms with Gasteiger partial charge in [0.25, 0.3) is 0 Å². The van der Waals surface area contributed by atoms with Crippen molar-refractivity contribution in [1.82, 2.24) is 5.32 Å². The van der Waals surface area contributed by atoms with Gasteiger partial charge >= 0.3 is 0 Å². The zero-order chi connectivity index (χ0) is 14.3. The fraction of sp³-hybridized carbons (Fsp3) is 0.625. The van der Waals surface area contributed by atoms with Crippen molar-refractivity contribution in [2.75, 3.05) is 20.3 Å². The van der Waals surface area contributed by atoms with Crippen molar-refractivity contribution in [3.63, 3.8) is 0 Å². The molecule has 0 aliphatic carbocycles. The first-order valence-electron chi connectivity index (χ1n) is 6.87. The van der Waals surface area contributed by atoms with Crippen LogP contribution in [0, 0.1) is 5.41 Å². The molecule has 0 unspecified atom stereocenters. The first-order chi connectivity index (χ1) is 8.93. The Morgan fingerprint density at radius 1 is 1.26 bits per heavy atom. The summed E-state index contributed by atoms with van der Waals surface area (Å²) >= 11 is 0. The molecule has 3 nitrogen and oxygen atoms in total. The van der Waals surface area contributed by atoms with Gasteiger partial charge in [-0.1, -0.05) is 39.8 Å². The van der Waals surface area contributed by atoms with Crippen molar-refractivity contribution >= 4 is 0 Å². The van der Waals surface area contributed by atoms with Crippen LogP contribution in [0.4, 0.5) is 0 Å². The number of benzene rings is 1. The van der Waals surface area contributed by atoms with Crippen LogP contribution in [-0.2, 0) is 11.3 Å². The quantitative estimate of drug-likeness (QED) is 0.782. The van der Waals surface area contributed by atoms with Gasteiger partial charge in [-0.15, -0.1) is 0 Å². The maximum absolute atomic E-state index is 5.89. The molecule has 19 heavy (non-hydrogen) atoms. The lowest BCUT2D eigenvalue weighted by atomic mass is 9.94. The Morgan fingerprint density at radius 2 is 2.00 bits per heavy atom. The number of hydrogen-bond acceptors (Lipinski definition) is 3. The smallest absolute Gasteiger partial charge is 0.119 e. The summed E-state index contributed by atoms with van der Waals surface area (Å²) in [6.07, 6.45) is 0. The second-order valence-electron chi connectivity index (χ2n) is 6.07. The van der Waals surface area contributed by atoms with E-state index in [4.69, 9.17) is 9.47 Å². The third-order valence-corrected chi connectivity index (χ3v) is 2.83. The molecule has 0 heterocycles. The molecule has 1 aromatic rings. The van der Waals surface area contributed by atoms with Crippen LogP contribution in [0.5, 0.6) is 5.75 Å². The standard InChI is InChI=1S/C16H27NO2/c1-13(2)17-11-16(3,4)12-19-15-8-6-7-14(9-15)10-18-5/h6-9,13,17H,10-12H2,1-5H3. The minimum absolute atomic E-state index is 0.113. The Morgan fingerprint density at radius 3 is 2.63 bits per heavy atom. The van der Waals surface area contributed by atoms with Crippen molar-refractivity contribution in [2.24, 2.45) is 5.41 Å². The summed E-state index contributed by atoms with van der Waals surface area (Å²) in [5.41, 5.74) is 1.25. The van der Waals surface area contributed by atoms with Crippen molar-refractivity contribution in [3.05, 3.63) is 29.8 Å². The summed E-state index contributed by atoms with van der Waals surface area (Å²) in [7, 11) is 1.70. The summed E-state index contributed by atoms with van der Waals surface area (Å²) in [5.74, 6) is 0.909. The van der Waals surface area contributed by atoms with E-state index < -0.39 is 0 Å². The van der Waals surface area contributed by atoms with Crippen molar-refractivity contribution in [2.45, 2.75) is 40.3 Å². The highest BCUT2D eigenvalue weighted by Gasteiger charge is 2.19. The molecule has 1 aromatic carbocycles. The molecule has 0 saturated heterocycles. The molecule has 3 heteroatoms. The maximum Gasteiger partial charge on any atom is 0.119 e. The second kappa shape index (κ2) is 7.51. The highest BCUT2D eigenvalue weighted by atomic mass is 16.5. The highest BCUT2D eigenvalue weighted by Crippen LogP contribution is 2.19. The van der Waals surface area contributed by atoms with E-state index in [0.717, 1.165) is 17.9 Å². The van der Waals surface area contributed by atoms with Crippen LogP contribution in [0.25, 0.3) is 0 Å². The molecule has 0 atom stereocenters. The van der Waals surface area contributed by atoms with Gasteiger partial charge in [0.1, 0.15) is 5.75 Å². The van der Waals surface area contributed by atoms with Gasteiger partial charge in [0.2, 0.25) is 0 Å². The van der Waals surface area contributed by atoms with E-state index >= 15 is 0 Å². The summed E-state index contributed by atoms with van der Waals surface area (Å²) in [4.78, 5) is 0. The Kier molecular flexibility index (Phi) is 6.32. The molecule has 1 rings (SSSR count). The molecule has 0 aliphatic heterocycles. The number of hydrogen-bond donors (Lipinski definition) is 1. The SMILES string of the molecule is COCc1cccc(OCC(C)(C)CNC(C)C)c1. The number of rotatable bonds is 8. The van der Waals surface area contributed by atoms with Crippen molar-refractivity contribution in [3.8, 4) is 5.75 Å². The van der Waals surface area contributed by atoms with Gasteiger partial charge < -0.3 is 14.8 Å². The zero-order valence-corrected chi connectivity index (χ0v) is 12.8. The van der Waals surface area contributed by atoms with Gasteiger partial charge in [0.05, 0.1) is 13.2 Å². The average molecular weight is 265 g/mol. The van der Waals surface area contributed by atoms with E-state index in [1.54, 1.807) is 7.11 Å². The summed E-state index contributed by atoms with van der Waals surface area (Å²) in [6.45, 7) is 11.0. The number of nitrogens with one attached hydrogen (secondary N) is 1. The predicted molar refractivity (Wildman–Crippen MR) is 79.6 cm³/mol. The van der Waals surface area contributed by atoms with E-state index in [1.165, 1.54) is 0 Å². The van der Waals surface area contributed by atoms with Crippen LogP contribution >= 0.6 is 0 Å². The Bertz CT molecular complexity index is 375. The van der Waals surface area contributed by atoms with Gasteiger partial charge in [-0.25, -0.2) is 0 Å². The third kappa shape index (κ3) is 6.60. The van der Waals surface area contributed by atoms with E-state index in [-0.39, 0.29) is 5.41 Å². The molecular weight excluding hydrogens is 238 g/mol. The lowest BCUT2D eigenvalue weighted by molar-refractivity contribution is 0.171. The molecule has 0 spiro atoms. The summed E-state index contributed by atoms with van der Waals surface area (Å²) in [6, 6.07) is 8.58. The van der Waals surface area contributed by atoms with Crippen molar-refractivity contribution in [1.29, 1.82) is 0 Å². The lowest BCUT2D eigenvalue weighted by Gasteiger charge is -2.26. The van der Waals surface area contributed by atoms with Gasteiger partial charge in [-0.2, -0.15) is 0 Å². The van der Waals surface area contributed by atoms with Gasteiger partial charge in [-0.05, 0) is 17.7 Å². The van der Waals surface area contributed by atoms with Crippen molar-refractivity contribution < 1.29 is 9.47 Å². The molecule has 0 aliphatic rings. The first-order valence-corrected chi connectivity index (χ1v) is 6.87. The van der Waals surface area contributed by atoms with Gasteiger partial charge in [0, 0.05) is 25.1 Å². The molecule has 0 amide bonds. The fourth-order valence-corrected chi connectivity index (χ4v) is 1.70. The van der Waals surface area contributed by atoms with E-state index in [2.05, 4.69) is 33.0 Å². The fourth-order valence-electron chi connectivity index (χ4n) is 1.70. The molecule has 108 valence electrons. The predicted octanol–water partition coefficient (Wildman–Crippen LogP) is 3.24. The van der Waals surface area contributed by atoms with E-state index in [1.807, 2.05) is 24.3 Å². The molecule has 0 bridgehead atoms. The van der Waals surface area contributed by atoms with Crippen LogP contribution in [0.3, 0.4) is 0 Å². The van der Waals surface area contributed by atoms with Crippen LogP contribution in [0.1, 0.15) is 33.3 Å². The van der Waals surface area contributed by atoms with Crippen LogP contribution < -0.4 is 10.1 Å². The van der Waals surface area contributed by atoms with Gasteiger partial charge in [-0.3, -0.25) is 0 Å². The van der Waals surface area contributed by atoms with E-state index in [0.29, 0.717) is 19.3 Å². The molecule has 0 aromatic heterocycles. The van der Waals surface area contributed by atoms with Gasteiger partial charge in [0.15, 0.2) is 0 Å². The lowest BCUT2D eigenvalue weighted by Crippen LogP contribution is -2.37. The maximum atomic E-state index is 5.89. The average Bonchev–Trinajstić information content (AvgIpc) is 2.35. The molecule has 0 saturated carbocycles. The number of ether oxygens (including phenoxy) is 2. The Labute approximate surface area is 117 Å². The minimum Gasteiger partial charge on any atom is -0.493 e. The highest BCUT2D eigenvalue weighted by molar-refractivity contribution is 5.28.